The predicted molar refractivity (Wildman–Crippen MR) is 55.4 cm³/mol. The third kappa shape index (κ3) is 2.90. The van der Waals surface area contributed by atoms with E-state index >= 15 is 0 Å². The maximum atomic E-state index is 13.3. The number of halogens is 3. The third-order valence-electron chi connectivity index (χ3n) is 1.91. The molecular formula is C10H10ClF2NO2. The predicted octanol–water partition coefficient (Wildman–Crippen LogP) is 1.73. The quantitative estimate of drug-likeness (QED) is 0.802. The van der Waals surface area contributed by atoms with Gasteiger partial charge in [-0.3, -0.25) is 4.79 Å². The molecule has 1 aromatic carbocycles. The van der Waals surface area contributed by atoms with Crippen molar-refractivity contribution in [2.45, 2.75) is 13.0 Å². The maximum absolute atomic E-state index is 13.3. The van der Waals surface area contributed by atoms with Gasteiger partial charge in [0.25, 0.3) is 5.91 Å². The average Bonchev–Trinajstić information content (AvgIpc) is 2.23. The Morgan fingerprint density at radius 3 is 2.69 bits per heavy atom. The van der Waals surface area contributed by atoms with Crippen molar-refractivity contribution in [1.82, 2.24) is 5.32 Å². The van der Waals surface area contributed by atoms with Gasteiger partial charge in [-0.15, -0.1) is 0 Å². The van der Waals surface area contributed by atoms with Crippen LogP contribution in [0.15, 0.2) is 12.1 Å². The van der Waals surface area contributed by atoms with Gasteiger partial charge in [0, 0.05) is 6.04 Å². The summed E-state index contributed by atoms with van der Waals surface area (Å²) in [5.74, 6) is -2.58. The molecule has 0 heterocycles. The van der Waals surface area contributed by atoms with Crippen molar-refractivity contribution in [1.29, 1.82) is 0 Å². The number of benzene rings is 1. The minimum Gasteiger partial charge on any atom is -0.394 e. The summed E-state index contributed by atoms with van der Waals surface area (Å²) in [4.78, 5) is 11.4. The van der Waals surface area contributed by atoms with Gasteiger partial charge in [-0.25, -0.2) is 8.78 Å². The van der Waals surface area contributed by atoms with Gasteiger partial charge >= 0.3 is 0 Å². The monoisotopic (exact) mass is 249 g/mol. The lowest BCUT2D eigenvalue weighted by Gasteiger charge is -2.11. The van der Waals surface area contributed by atoms with Gasteiger partial charge in [-0.05, 0) is 19.1 Å². The van der Waals surface area contributed by atoms with Crippen LogP contribution in [0.5, 0.6) is 0 Å². The van der Waals surface area contributed by atoms with E-state index in [1.807, 2.05) is 0 Å². The largest absolute Gasteiger partial charge is 0.394 e. The van der Waals surface area contributed by atoms with Crippen molar-refractivity contribution in [3.63, 3.8) is 0 Å². The van der Waals surface area contributed by atoms with E-state index in [-0.39, 0.29) is 11.6 Å². The van der Waals surface area contributed by atoms with E-state index in [0.717, 1.165) is 12.1 Å². The van der Waals surface area contributed by atoms with Gasteiger partial charge in [0.05, 0.1) is 17.2 Å². The van der Waals surface area contributed by atoms with E-state index in [1.165, 1.54) is 6.92 Å². The van der Waals surface area contributed by atoms with Gasteiger partial charge in [0.2, 0.25) is 0 Å². The minimum absolute atomic E-state index is 0.288. The molecule has 1 atom stereocenters. The molecule has 1 amide bonds. The summed E-state index contributed by atoms with van der Waals surface area (Å²) in [5, 5.41) is 10.6. The molecule has 1 unspecified atom stereocenters. The maximum Gasteiger partial charge on any atom is 0.254 e. The SMILES string of the molecule is CC(CO)NC(=O)c1cc(F)c(Cl)cc1F. The highest BCUT2D eigenvalue weighted by Crippen LogP contribution is 2.19. The molecule has 0 radical (unpaired) electrons. The third-order valence-corrected chi connectivity index (χ3v) is 2.20. The minimum atomic E-state index is -0.908. The van der Waals surface area contributed by atoms with Crippen molar-refractivity contribution in [2.75, 3.05) is 6.61 Å². The van der Waals surface area contributed by atoms with Crippen LogP contribution in [0.1, 0.15) is 17.3 Å². The van der Waals surface area contributed by atoms with E-state index in [1.54, 1.807) is 0 Å². The zero-order valence-electron chi connectivity index (χ0n) is 8.43. The number of aliphatic hydroxyl groups is 1. The Bertz CT molecular complexity index is 412. The fourth-order valence-corrected chi connectivity index (χ4v) is 1.19. The number of rotatable bonds is 3. The number of nitrogens with one attached hydrogen (secondary N) is 1. The molecule has 0 spiro atoms. The summed E-state index contributed by atoms with van der Waals surface area (Å²) in [6.45, 7) is 1.24. The van der Waals surface area contributed by atoms with Crippen LogP contribution in [-0.2, 0) is 0 Å². The van der Waals surface area contributed by atoms with Gasteiger partial charge in [-0.1, -0.05) is 11.6 Å². The molecule has 1 aromatic rings. The first-order chi connectivity index (χ1) is 7.45. The van der Waals surface area contributed by atoms with Gasteiger partial charge < -0.3 is 10.4 Å². The summed E-state index contributed by atoms with van der Waals surface area (Å²) < 4.78 is 26.3. The van der Waals surface area contributed by atoms with Crippen molar-refractivity contribution < 1.29 is 18.7 Å². The van der Waals surface area contributed by atoms with Crippen LogP contribution < -0.4 is 5.32 Å². The lowest BCUT2D eigenvalue weighted by atomic mass is 10.2. The molecule has 0 aliphatic rings. The second-order valence-corrected chi connectivity index (χ2v) is 3.71. The number of amides is 1. The lowest BCUT2D eigenvalue weighted by molar-refractivity contribution is 0.0917. The summed E-state index contributed by atoms with van der Waals surface area (Å²) in [7, 11) is 0. The smallest absolute Gasteiger partial charge is 0.254 e. The first-order valence-electron chi connectivity index (χ1n) is 4.52. The Morgan fingerprint density at radius 1 is 1.50 bits per heavy atom. The fraction of sp³-hybridized carbons (Fsp3) is 0.300. The summed E-state index contributed by atoms with van der Waals surface area (Å²) in [6, 6.07) is 0.914. The Hall–Kier alpha value is -1.20. The topological polar surface area (TPSA) is 49.3 Å². The second kappa shape index (κ2) is 5.23. The molecule has 0 bridgehead atoms. The van der Waals surface area contributed by atoms with Crippen LogP contribution in [0.25, 0.3) is 0 Å². The zero-order valence-corrected chi connectivity index (χ0v) is 9.18. The molecule has 0 aliphatic heterocycles. The summed E-state index contributed by atoms with van der Waals surface area (Å²) in [5.41, 5.74) is -0.442. The Kier molecular flexibility index (Phi) is 4.20. The molecular weight excluding hydrogens is 240 g/mol. The van der Waals surface area contributed by atoms with Crippen molar-refractivity contribution in [3.8, 4) is 0 Å². The van der Waals surface area contributed by atoms with Crippen molar-refractivity contribution >= 4 is 17.5 Å². The molecule has 6 heteroatoms. The van der Waals surface area contributed by atoms with E-state index < -0.39 is 29.1 Å². The van der Waals surface area contributed by atoms with Crippen LogP contribution >= 0.6 is 11.6 Å². The van der Waals surface area contributed by atoms with Crippen LogP contribution in [0.4, 0.5) is 8.78 Å². The first-order valence-corrected chi connectivity index (χ1v) is 4.89. The molecule has 0 saturated heterocycles. The van der Waals surface area contributed by atoms with Gasteiger partial charge in [0.1, 0.15) is 11.6 Å². The molecule has 0 saturated carbocycles. The number of carbonyl (C=O) groups is 1. The van der Waals surface area contributed by atoms with Crippen LogP contribution in [0, 0.1) is 11.6 Å². The van der Waals surface area contributed by atoms with Crippen LogP contribution in [0.3, 0.4) is 0 Å². The number of aliphatic hydroxyl groups excluding tert-OH is 1. The van der Waals surface area contributed by atoms with E-state index in [0.29, 0.717) is 0 Å². The highest BCUT2D eigenvalue weighted by atomic mass is 35.5. The number of carbonyl (C=O) groups excluding carboxylic acids is 1. The zero-order chi connectivity index (χ0) is 12.3. The van der Waals surface area contributed by atoms with Gasteiger partial charge in [0.15, 0.2) is 0 Å². The van der Waals surface area contributed by atoms with Crippen molar-refractivity contribution in [3.05, 3.63) is 34.4 Å². The fourth-order valence-electron chi connectivity index (χ4n) is 1.04. The second-order valence-electron chi connectivity index (χ2n) is 3.30. The molecule has 0 fully saturated rings. The molecule has 1 rings (SSSR count). The van der Waals surface area contributed by atoms with Crippen LogP contribution in [0.2, 0.25) is 5.02 Å². The average molecular weight is 250 g/mol. The molecule has 2 N–H and O–H groups in total. The van der Waals surface area contributed by atoms with E-state index in [4.69, 9.17) is 16.7 Å². The van der Waals surface area contributed by atoms with Crippen LogP contribution in [-0.4, -0.2) is 23.7 Å². The number of hydrogen-bond donors (Lipinski definition) is 2. The Balaban J connectivity index is 2.96. The van der Waals surface area contributed by atoms with Gasteiger partial charge in [-0.2, -0.15) is 0 Å². The molecule has 3 nitrogen and oxygen atoms in total. The van der Waals surface area contributed by atoms with Crippen molar-refractivity contribution in [2.24, 2.45) is 0 Å². The normalized spacial score (nSPS) is 12.3. The molecule has 0 aromatic heterocycles. The van der Waals surface area contributed by atoms with E-state index in [2.05, 4.69) is 5.32 Å². The first kappa shape index (κ1) is 12.9. The highest BCUT2D eigenvalue weighted by Gasteiger charge is 2.16. The number of hydrogen-bond acceptors (Lipinski definition) is 2. The standard InChI is InChI=1S/C10H10ClF2NO2/c1-5(4-15)14-10(16)6-2-9(13)7(11)3-8(6)12/h2-3,5,15H,4H2,1H3,(H,14,16). The highest BCUT2D eigenvalue weighted by molar-refractivity contribution is 6.30. The Labute approximate surface area is 96.0 Å². The summed E-state index contributed by atoms with van der Waals surface area (Å²) in [6.07, 6.45) is 0. The summed E-state index contributed by atoms with van der Waals surface area (Å²) >= 11 is 5.34. The van der Waals surface area contributed by atoms with E-state index in [9.17, 15) is 13.6 Å². The lowest BCUT2D eigenvalue weighted by Crippen LogP contribution is -2.35. The molecule has 16 heavy (non-hydrogen) atoms. The Morgan fingerprint density at radius 2 is 2.12 bits per heavy atom. The molecule has 88 valence electrons. The molecule has 0 aliphatic carbocycles.